The minimum atomic E-state index is -0.0246. The van der Waals surface area contributed by atoms with Crippen molar-refractivity contribution in [3.8, 4) is 0 Å². The highest BCUT2D eigenvalue weighted by atomic mass is 16.3. The molecule has 0 aromatic carbocycles. The zero-order chi connectivity index (χ0) is 12.2. The summed E-state index contributed by atoms with van der Waals surface area (Å²) in [6.07, 6.45) is 1.78. The minimum absolute atomic E-state index is 0.0246. The molecule has 88 valence electrons. The van der Waals surface area contributed by atoms with Crippen molar-refractivity contribution in [2.75, 3.05) is 6.54 Å². The summed E-state index contributed by atoms with van der Waals surface area (Å²) in [7, 11) is 0. The van der Waals surface area contributed by atoms with Crippen LogP contribution in [0, 0.1) is 0 Å². The van der Waals surface area contributed by atoms with Crippen LogP contribution >= 0.6 is 0 Å². The largest absolute Gasteiger partial charge is 0.512 e. The topological polar surface area (TPSA) is 36.4 Å². The maximum Gasteiger partial charge on any atom is 0.0991 e. The molecule has 1 rings (SSSR count). The molecule has 0 unspecified atom stereocenters. The van der Waals surface area contributed by atoms with Crippen molar-refractivity contribution >= 4 is 0 Å². The van der Waals surface area contributed by atoms with E-state index < -0.39 is 0 Å². The first-order chi connectivity index (χ1) is 7.39. The Bertz CT molecular complexity index is 341. The van der Waals surface area contributed by atoms with Crippen molar-refractivity contribution in [3.05, 3.63) is 42.4 Å². The van der Waals surface area contributed by atoms with E-state index in [2.05, 4.69) is 37.2 Å². The lowest BCUT2D eigenvalue weighted by molar-refractivity contribution is 0.122. The smallest absolute Gasteiger partial charge is 0.0991 e. The van der Waals surface area contributed by atoms with E-state index in [0.717, 1.165) is 5.69 Å². The van der Waals surface area contributed by atoms with Gasteiger partial charge in [-0.25, -0.2) is 0 Å². The summed E-state index contributed by atoms with van der Waals surface area (Å²) in [5.74, 6) is 0.186. The van der Waals surface area contributed by atoms with Gasteiger partial charge >= 0.3 is 0 Å². The number of aliphatic hydroxyl groups excluding tert-OH is 1. The summed E-state index contributed by atoms with van der Waals surface area (Å²) in [5.41, 5.74) is 0.974. The number of aliphatic hydroxyl groups is 1. The van der Waals surface area contributed by atoms with E-state index in [1.54, 1.807) is 6.20 Å². The number of rotatable bonds is 4. The van der Waals surface area contributed by atoms with Crippen molar-refractivity contribution in [2.45, 2.75) is 32.9 Å². The predicted molar refractivity (Wildman–Crippen MR) is 66.2 cm³/mol. The first-order valence-corrected chi connectivity index (χ1v) is 5.41. The molecule has 0 bridgehead atoms. The number of hydrogen-bond donors (Lipinski definition) is 1. The molecule has 1 heterocycles. The first-order valence-electron chi connectivity index (χ1n) is 5.41. The van der Waals surface area contributed by atoms with Crippen LogP contribution in [0.3, 0.4) is 0 Å². The molecule has 0 saturated carbocycles. The molecule has 0 saturated heterocycles. The Hall–Kier alpha value is -1.35. The quantitative estimate of drug-likeness (QED) is 0.793. The Balaban J connectivity index is 2.75. The average molecular weight is 220 g/mol. The maximum absolute atomic E-state index is 9.31. The van der Waals surface area contributed by atoms with Gasteiger partial charge in [-0.3, -0.25) is 9.88 Å². The van der Waals surface area contributed by atoms with E-state index >= 15 is 0 Å². The molecule has 3 nitrogen and oxygen atoms in total. The van der Waals surface area contributed by atoms with E-state index in [9.17, 15) is 5.11 Å². The number of aromatic nitrogens is 1. The van der Waals surface area contributed by atoms with Gasteiger partial charge in [0.15, 0.2) is 0 Å². The fourth-order valence-electron chi connectivity index (χ4n) is 1.44. The molecule has 1 N–H and O–H groups in total. The third kappa shape index (κ3) is 4.03. The average Bonchev–Trinajstić information content (AvgIpc) is 2.16. The fraction of sp³-hybridized carbons (Fsp3) is 0.462. The first kappa shape index (κ1) is 12.7. The van der Waals surface area contributed by atoms with Crippen LogP contribution in [-0.4, -0.2) is 27.1 Å². The summed E-state index contributed by atoms with van der Waals surface area (Å²) in [6.45, 7) is 11.1. The predicted octanol–water partition coefficient (Wildman–Crippen LogP) is 2.75. The Kier molecular flexibility index (Phi) is 4.07. The molecule has 0 amide bonds. The van der Waals surface area contributed by atoms with E-state index in [-0.39, 0.29) is 11.3 Å². The van der Waals surface area contributed by atoms with Gasteiger partial charge in [0.1, 0.15) is 0 Å². The van der Waals surface area contributed by atoms with Crippen LogP contribution in [0.2, 0.25) is 0 Å². The molecule has 0 spiro atoms. The second-order valence-electron chi connectivity index (χ2n) is 4.91. The Labute approximate surface area is 97.4 Å². The Morgan fingerprint density at radius 2 is 2.12 bits per heavy atom. The molecule has 1 aromatic rings. The second kappa shape index (κ2) is 5.12. The van der Waals surface area contributed by atoms with Gasteiger partial charge in [0.2, 0.25) is 0 Å². The molecule has 16 heavy (non-hydrogen) atoms. The van der Waals surface area contributed by atoms with Gasteiger partial charge in [0.25, 0.3) is 0 Å². The standard InChI is InChI=1S/C13H20N2O/c1-11(16)9-15(13(2,3)4)10-12-7-5-6-8-14-12/h5-8,16H,1,9-10H2,2-4H3. The van der Waals surface area contributed by atoms with Crippen LogP contribution in [0.5, 0.6) is 0 Å². The SMILES string of the molecule is C=C(O)CN(Cc1ccccn1)C(C)(C)C. The number of pyridine rings is 1. The zero-order valence-corrected chi connectivity index (χ0v) is 10.3. The Morgan fingerprint density at radius 1 is 1.44 bits per heavy atom. The van der Waals surface area contributed by atoms with Crippen LogP contribution in [0.25, 0.3) is 0 Å². The van der Waals surface area contributed by atoms with Gasteiger partial charge in [-0.15, -0.1) is 0 Å². The summed E-state index contributed by atoms with van der Waals surface area (Å²) in [6, 6.07) is 5.85. The van der Waals surface area contributed by atoms with Crippen LogP contribution in [0.15, 0.2) is 36.7 Å². The lowest BCUT2D eigenvalue weighted by atomic mass is 10.1. The molecule has 0 aliphatic carbocycles. The highest BCUT2D eigenvalue weighted by Gasteiger charge is 2.22. The van der Waals surface area contributed by atoms with Crippen LogP contribution < -0.4 is 0 Å². The maximum atomic E-state index is 9.31. The van der Waals surface area contributed by atoms with Crippen molar-refractivity contribution in [2.24, 2.45) is 0 Å². The molecular formula is C13H20N2O. The van der Waals surface area contributed by atoms with Gasteiger partial charge < -0.3 is 5.11 Å². The summed E-state index contributed by atoms with van der Waals surface area (Å²) < 4.78 is 0. The van der Waals surface area contributed by atoms with Crippen molar-refractivity contribution < 1.29 is 5.11 Å². The minimum Gasteiger partial charge on any atom is -0.512 e. The summed E-state index contributed by atoms with van der Waals surface area (Å²) >= 11 is 0. The molecule has 0 aliphatic heterocycles. The highest BCUT2D eigenvalue weighted by Crippen LogP contribution is 2.17. The monoisotopic (exact) mass is 220 g/mol. The fourth-order valence-corrected chi connectivity index (χ4v) is 1.44. The molecule has 0 fully saturated rings. The third-order valence-electron chi connectivity index (χ3n) is 2.40. The molecular weight excluding hydrogens is 200 g/mol. The van der Waals surface area contributed by atoms with Crippen LogP contribution in [0.4, 0.5) is 0 Å². The van der Waals surface area contributed by atoms with E-state index in [4.69, 9.17) is 0 Å². The van der Waals surface area contributed by atoms with Gasteiger partial charge in [-0.05, 0) is 32.9 Å². The van der Waals surface area contributed by atoms with E-state index in [1.165, 1.54) is 0 Å². The third-order valence-corrected chi connectivity index (χ3v) is 2.40. The van der Waals surface area contributed by atoms with E-state index in [1.807, 2.05) is 18.2 Å². The lowest BCUT2D eigenvalue weighted by Gasteiger charge is -2.34. The van der Waals surface area contributed by atoms with E-state index in [0.29, 0.717) is 13.1 Å². The molecule has 3 heteroatoms. The van der Waals surface area contributed by atoms with Crippen molar-refractivity contribution in [1.29, 1.82) is 0 Å². The second-order valence-corrected chi connectivity index (χ2v) is 4.91. The van der Waals surface area contributed by atoms with Gasteiger partial charge in [-0.2, -0.15) is 0 Å². The summed E-state index contributed by atoms with van der Waals surface area (Å²) in [5, 5.41) is 9.31. The van der Waals surface area contributed by atoms with Gasteiger partial charge in [0.05, 0.1) is 18.0 Å². The molecule has 0 aliphatic rings. The lowest BCUT2D eigenvalue weighted by Crippen LogP contribution is -2.42. The Morgan fingerprint density at radius 3 is 2.56 bits per heavy atom. The normalized spacial score (nSPS) is 11.8. The van der Waals surface area contributed by atoms with Gasteiger partial charge in [0, 0.05) is 18.3 Å². The van der Waals surface area contributed by atoms with Gasteiger partial charge in [-0.1, -0.05) is 12.6 Å². The van der Waals surface area contributed by atoms with Crippen LogP contribution in [-0.2, 0) is 6.54 Å². The molecule has 0 radical (unpaired) electrons. The number of hydrogen-bond acceptors (Lipinski definition) is 3. The highest BCUT2D eigenvalue weighted by molar-refractivity contribution is 5.04. The van der Waals surface area contributed by atoms with Crippen molar-refractivity contribution in [1.82, 2.24) is 9.88 Å². The van der Waals surface area contributed by atoms with Crippen LogP contribution in [0.1, 0.15) is 26.5 Å². The van der Waals surface area contributed by atoms with Crippen molar-refractivity contribution in [3.63, 3.8) is 0 Å². The molecule has 0 atom stereocenters. The molecule has 1 aromatic heterocycles. The summed E-state index contributed by atoms with van der Waals surface area (Å²) in [4.78, 5) is 6.42. The zero-order valence-electron chi connectivity index (χ0n) is 10.3. The number of nitrogens with zero attached hydrogens (tertiary/aromatic N) is 2.